The molecule has 9 nitrogen and oxygen atoms in total. The molecule has 1 aliphatic carbocycles. The van der Waals surface area contributed by atoms with Gasteiger partial charge in [0.25, 0.3) is 5.56 Å². The predicted molar refractivity (Wildman–Crippen MR) is 69.9 cm³/mol. The monoisotopic (exact) mass is 318 g/mol. The van der Waals surface area contributed by atoms with Gasteiger partial charge in [-0.05, 0) is 6.42 Å². The van der Waals surface area contributed by atoms with Gasteiger partial charge in [-0.2, -0.15) is 0 Å². The number of hydrogen-bond acceptors (Lipinski definition) is 7. The minimum Gasteiger partial charge on any atom is -0.396 e. The average Bonchev–Trinajstić information content (AvgIpc) is 2.94. The second kappa shape index (κ2) is 5.19. The zero-order valence-electron chi connectivity index (χ0n) is 11.2. The van der Waals surface area contributed by atoms with Crippen LogP contribution in [0.2, 0.25) is 0 Å². The Morgan fingerprint density at radius 1 is 1.48 bits per heavy atom. The number of hydrogen-bond donors (Lipinski definition) is 2. The number of phosphoric acid groups is 1. The van der Waals surface area contributed by atoms with E-state index >= 15 is 0 Å². The number of phosphoric ester groups is 1. The standard InChI is InChI=1S/C11H15N2O7P/c1-18-21(17)19-9-6(5-14)4-7(10(9)20-21)13-3-2-8(15)12-11(13)16/h2-3,6-7,9-10,14H,4-5H2,1H3,(H,12,15,16)/t6-,7-,9?,10-,21?/m1/s1. The summed E-state index contributed by atoms with van der Waals surface area (Å²) in [5.41, 5.74) is -1.09. The molecule has 1 aliphatic heterocycles. The van der Waals surface area contributed by atoms with Crippen LogP contribution in [0.3, 0.4) is 0 Å². The number of aliphatic hydroxyl groups is 1. The number of aliphatic hydroxyl groups excluding tert-OH is 1. The van der Waals surface area contributed by atoms with Gasteiger partial charge in [0.1, 0.15) is 12.2 Å². The number of aromatic amines is 1. The first-order valence-electron chi connectivity index (χ1n) is 6.42. The normalized spacial score (nSPS) is 38.6. The Morgan fingerprint density at radius 3 is 2.81 bits per heavy atom. The zero-order chi connectivity index (χ0) is 15.2. The van der Waals surface area contributed by atoms with Gasteiger partial charge in [-0.15, -0.1) is 0 Å². The Kier molecular flexibility index (Phi) is 3.62. The van der Waals surface area contributed by atoms with E-state index in [0.717, 1.165) is 0 Å². The Bertz CT molecular complexity index is 698. The summed E-state index contributed by atoms with van der Waals surface area (Å²) in [4.78, 5) is 25.2. The summed E-state index contributed by atoms with van der Waals surface area (Å²) in [5, 5.41) is 9.42. The Labute approximate surface area is 119 Å². The van der Waals surface area contributed by atoms with Crippen LogP contribution in [0.15, 0.2) is 21.9 Å². The second-order valence-electron chi connectivity index (χ2n) is 5.03. The molecular weight excluding hydrogens is 303 g/mol. The van der Waals surface area contributed by atoms with E-state index in [4.69, 9.17) is 13.6 Å². The van der Waals surface area contributed by atoms with Crippen molar-refractivity contribution in [1.29, 1.82) is 0 Å². The predicted octanol–water partition coefficient (Wildman–Crippen LogP) is -0.372. The zero-order valence-corrected chi connectivity index (χ0v) is 12.1. The van der Waals surface area contributed by atoms with E-state index in [1.807, 2.05) is 0 Å². The molecule has 1 saturated carbocycles. The highest BCUT2D eigenvalue weighted by Gasteiger charge is 2.57. The van der Waals surface area contributed by atoms with Crippen molar-refractivity contribution in [1.82, 2.24) is 9.55 Å². The van der Waals surface area contributed by atoms with Crippen molar-refractivity contribution in [3.8, 4) is 0 Å². The fraction of sp³-hybridized carbons (Fsp3) is 0.636. The number of H-pyrrole nitrogens is 1. The van der Waals surface area contributed by atoms with Crippen molar-refractivity contribution in [3.63, 3.8) is 0 Å². The fourth-order valence-electron chi connectivity index (χ4n) is 2.89. The van der Waals surface area contributed by atoms with Crippen molar-refractivity contribution < 1.29 is 23.2 Å². The van der Waals surface area contributed by atoms with Gasteiger partial charge in [0.15, 0.2) is 0 Å². The molecule has 0 aromatic carbocycles. The molecule has 1 aromatic heterocycles. The third-order valence-electron chi connectivity index (χ3n) is 3.88. The minimum atomic E-state index is -3.66. The summed E-state index contributed by atoms with van der Waals surface area (Å²) < 4.78 is 28.8. The summed E-state index contributed by atoms with van der Waals surface area (Å²) in [5.74, 6) is -0.329. The molecule has 3 rings (SSSR count). The van der Waals surface area contributed by atoms with E-state index in [2.05, 4.69) is 4.98 Å². The van der Waals surface area contributed by atoms with Crippen LogP contribution in [0.5, 0.6) is 0 Å². The summed E-state index contributed by atoms with van der Waals surface area (Å²) in [6.07, 6.45) is 0.449. The van der Waals surface area contributed by atoms with Gasteiger partial charge >= 0.3 is 13.5 Å². The topological polar surface area (TPSA) is 120 Å². The lowest BCUT2D eigenvalue weighted by Crippen LogP contribution is -2.36. The summed E-state index contributed by atoms with van der Waals surface area (Å²) >= 11 is 0. The van der Waals surface area contributed by atoms with Gasteiger partial charge in [-0.3, -0.25) is 27.9 Å². The molecule has 2 N–H and O–H groups in total. The summed E-state index contributed by atoms with van der Waals surface area (Å²) in [6, 6.07) is 0.719. The third kappa shape index (κ3) is 2.41. The molecule has 2 fully saturated rings. The molecule has 1 saturated heterocycles. The Morgan fingerprint density at radius 2 is 2.19 bits per heavy atom. The fourth-order valence-corrected chi connectivity index (χ4v) is 4.26. The molecule has 0 amide bonds. The van der Waals surface area contributed by atoms with Gasteiger partial charge in [0.05, 0.1) is 6.04 Å². The van der Waals surface area contributed by atoms with Crippen LogP contribution in [-0.2, 0) is 18.1 Å². The van der Waals surface area contributed by atoms with Crippen LogP contribution in [0, 0.1) is 5.92 Å². The van der Waals surface area contributed by atoms with E-state index < -0.39 is 37.3 Å². The van der Waals surface area contributed by atoms with E-state index in [1.165, 1.54) is 23.9 Å². The highest BCUT2D eigenvalue weighted by Crippen LogP contribution is 2.62. The molecule has 5 atom stereocenters. The first kappa shape index (κ1) is 14.7. The first-order chi connectivity index (χ1) is 9.97. The maximum Gasteiger partial charge on any atom is 0.475 e. The summed E-state index contributed by atoms with van der Waals surface area (Å²) in [6.45, 7) is -0.192. The highest BCUT2D eigenvalue weighted by molar-refractivity contribution is 7.48. The quantitative estimate of drug-likeness (QED) is 0.729. The molecule has 2 heterocycles. The van der Waals surface area contributed by atoms with Crippen molar-refractivity contribution in [3.05, 3.63) is 33.1 Å². The smallest absolute Gasteiger partial charge is 0.396 e. The van der Waals surface area contributed by atoms with Crippen LogP contribution >= 0.6 is 7.82 Å². The Balaban J connectivity index is 1.98. The lowest BCUT2D eigenvalue weighted by Gasteiger charge is -2.19. The number of nitrogens with one attached hydrogen (secondary N) is 1. The lowest BCUT2D eigenvalue weighted by molar-refractivity contribution is 0.100. The molecular formula is C11H15N2O7P. The third-order valence-corrected chi connectivity index (χ3v) is 5.33. The molecule has 0 spiro atoms. The van der Waals surface area contributed by atoms with E-state index in [-0.39, 0.29) is 12.5 Å². The maximum absolute atomic E-state index is 12.1. The molecule has 10 heteroatoms. The number of nitrogens with zero attached hydrogens (tertiary/aromatic N) is 1. The van der Waals surface area contributed by atoms with Crippen molar-refractivity contribution in [2.24, 2.45) is 5.92 Å². The molecule has 0 radical (unpaired) electrons. The first-order valence-corrected chi connectivity index (χ1v) is 7.88. The van der Waals surface area contributed by atoms with Crippen molar-refractivity contribution >= 4 is 7.82 Å². The summed E-state index contributed by atoms with van der Waals surface area (Å²) in [7, 11) is -2.45. The van der Waals surface area contributed by atoms with Crippen molar-refractivity contribution in [2.45, 2.75) is 24.7 Å². The largest absolute Gasteiger partial charge is 0.475 e. The van der Waals surface area contributed by atoms with Crippen molar-refractivity contribution in [2.75, 3.05) is 13.7 Å². The Hall–Kier alpha value is -1.25. The lowest BCUT2D eigenvalue weighted by atomic mass is 10.1. The highest BCUT2D eigenvalue weighted by atomic mass is 31.2. The van der Waals surface area contributed by atoms with E-state index in [0.29, 0.717) is 6.42 Å². The van der Waals surface area contributed by atoms with Gasteiger partial charge in [-0.1, -0.05) is 0 Å². The van der Waals surface area contributed by atoms with Gasteiger partial charge in [0, 0.05) is 31.9 Å². The molecule has 1 aromatic rings. The van der Waals surface area contributed by atoms with Crippen LogP contribution in [0.25, 0.3) is 0 Å². The molecule has 2 unspecified atom stereocenters. The molecule has 116 valence electrons. The van der Waals surface area contributed by atoms with Crippen LogP contribution < -0.4 is 11.2 Å². The SMILES string of the molecule is COP1(=O)OC2[C@@H](CO)C[C@@H](n3ccc(=O)[nH]c3=O)[C@H]2O1. The molecule has 0 bridgehead atoms. The van der Waals surface area contributed by atoms with Gasteiger partial charge < -0.3 is 5.11 Å². The van der Waals surface area contributed by atoms with Crippen LogP contribution in [0.1, 0.15) is 12.5 Å². The average molecular weight is 318 g/mol. The second-order valence-corrected chi connectivity index (χ2v) is 6.71. The van der Waals surface area contributed by atoms with Crippen LogP contribution in [0.4, 0.5) is 0 Å². The maximum atomic E-state index is 12.1. The van der Waals surface area contributed by atoms with Crippen LogP contribution in [-0.4, -0.2) is 40.6 Å². The van der Waals surface area contributed by atoms with E-state index in [9.17, 15) is 19.3 Å². The van der Waals surface area contributed by atoms with Gasteiger partial charge in [-0.25, -0.2) is 9.36 Å². The molecule has 21 heavy (non-hydrogen) atoms. The minimum absolute atomic E-state index is 0.192. The number of aromatic nitrogens is 2. The number of fused-ring (bicyclic) bond motifs is 1. The molecule has 2 aliphatic rings. The van der Waals surface area contributed by atoms with Gasteiger partial charge in [0.2, 0.25) is 0 Å². The number of rotatable bonds is 3. The van der Waals surface area contributed by atoms with E-state index in [1.54, 1.807) is 0 Å².